The van der Waals surface area contributed by atoms with Gasteiger partial charge < -0.3 is 10.7 Å². The molecule has 13 heavy (non-hydrogen) atoms. The second-order valence-corrected chi connectivity index (χ2v) is 3.13. The van der Waals surface area contributed by atoms with E-state index in [0.29, 0.717) is 12.1 Å². The summed E-state index contributed by atoms with van der Waals surface area (Å²) in [6.45, 7) is 1.88. The van der Waals surface area contributed by atoms with E-state index in [2.05, 4.69) is 9.97 Å². The molecule has 0 saturated heterocycles. The van der Waals surface area contributed by atoms with Gasteiger partial charge in [0.1, 0.15) is 0 Å². The molecule has 0 fully saturated rings. The molecule has 0 amide bonds. The number of rotatable bonds is 3. The second-order valence-electron chi connectivity index (χ2n) is 3.13. The van der Waals surface area contributed by atoms with E-state index in [0.717, 1.165) is 6.42 Å². The Morgan fingerprint density at radius 1 is 1.46 bits per heavy atom. The number of aromatic amines is 2. The average Bonchev–Trinajstić information content (AvgIpc) is 1.99. The zero-order chi connectivity index (χ0) is 9.84. The van der Waals surface area contributed by atoms with Crippen LogP contribution in [0, 0.1) is 0 Å². The van der Waals surface area contributed by atoms with Crippen LogP contribution in [0.4, 0.5) is 0 Å². The van der Waals surface area contributed by atoms with Crippen molar-refractivity contribution in [3.8, 4) is 0 Å². The lowest BCUT2D eigenvalue weighted by molar-refractivity contribution is 0.655. The number of hydrogen-bond donors (Lipinski definition) is 3. The van der Waals surface area contributed by atoms with Crippen LogP contribution in [0.5, 0.6) is 0 Å². The van der Waals surface area contributed by atoms with E-state index >= 15 is 0 Å². The molecule has 1 aromatic rings. The molecule has 4 N–H and O–H groups in total. The fourth-order valence-electron chi connectivity index (χ4n) is 1.04. The number of nitrogens with one attached hydrogen (secondary N) is 2. The first kappa shape index (κ1) is 9.73. The van der Waals surface area contributed by atoms with Crippen LogP contribution in [0.1, 0.15) is 19.0 Å². The highest BCUT2D eigenvalue weighted by Crippen LogP contribution is 1.95. The van der Waals surface area contributed by atoms with Crippen LogP contribution >= 0.6 is 0 Å². The van der Waals surface area contributed by atoms with E-state index in [9.17, 15) is 9.59 Å². The fourth-order valence-corrected chi connectivity index (χ4v) is 1.04. The summed E-state index contributed by atoms with van der Waals surface area (Å²) in [5, 5.41) is 0. The third-order valence-electron chi connectivity index (χ3n) is 1.69. The van der Waals surface area contributed by atoms with E-state index in [1.807, 2.05) is 6.92 Å². The Kier molecular flexibility index (Phi) is 3.02. The highest BCUT2D eigenvalue weighted by Gasteiger charge is 1.99. The molecule has 5 nitrogen and oxygen atoms in total. The van der Waals surface area contributed by atoms with Crippen LogP contribution in [0.15, 0.2) is 15.7 Å². The minimum atomic E-state index is -0.466. The Morgan fingerprint density at radius 3 is 2.69 bits per heavy atom. The summed E-state index contributed by atoms with van der Waals surface area (Å²) in [4.78, 5) is 26.3. The van der Waals surface area contributed by atoms with Crippen LogP contribution in [0.25, 0.3) is 0 Å². The minimum absolute atomic E-state index is 0.0720. The standard InChI is InChI=1S/C8H13N3O2/c1-5(9)2-3-6-4-7(12)11-8(13)10-6/h4-5H,2-3,9H2,1H3,(H2,10,11,12,13). The van der Waals surface area contributed by atoms with Gasteiger partial charge in [0.15, 0.2) is 0 Å². The van der Waals surface area contributed by atoms with E-state index in [4.69, 9.17) is 5.73 Å². The summed E-state index contributed by atoms with van der Waals surface area (Å²) in [7, 11) is 0. The lowest BCUT2D eigenvalue weighted by Gasteiger charge is -2.03. The largest absolute Gasteiger partial charge is 0.328 e. The van der Waals surface area contributed by atoms with Crippen LogP contribution < -0.4 is 17.0 Å². The predicted octanol–water partition coefficient (Wildman–Crippen LogP) is -0.657. The fraction of sp³-hybridized carbons (Fsp3) is 0.500. The van der Waals surface area contributed by atoms with Gasteiger partial charge in [0.25, 0.3) is 5.56 Å². The maximum atomic E-state index is 10.8. The Bertz CT molecular complexity index is 349. The molecular weight excluding hydrogens is 170 g/mol. The molecule has 1 aromatic heterocycles. The third-order valence-corrected chi connectivity index (χ3v) is 1.69. The predicted molar refractivity (Wildman–Crippen MR) is 49.7 cm³/mol. The first-order chi connectivity index (χ1) is 6.08. The van der Waals surface area contributed by atoms with Crippen molar-refractivity contribution in [3.63, 3.8) is 0 Å². The Balaban J connectivity index is 2.78. The molecule has 0 aromatic carbocycles. The van der Waals surface area contributed by atoms with Gasteiger partial charge in [0.05, 0.1) is 0 Å². The monoisotopic (exact) mass is 183 g/mol. The van der Waals surface area contributed by atoms with Gasteiger partial charge >= 0.3 is 5.69 Å². The van der Waals surface area contributed by atoms with Crippen LogP contribution in [-0.4, -0.2) is 16.0 Å². The van der Waals surface area contributed by atoms with Crippen LogP contribution in [-0.2, 0) is 6.42 Å². The second kappa shape index (κ2) is 4.04. The highest BCUT2D eigenvalue weighted by molar-refractivity contribution is 4.98. The first-order valence-corrected chi connectivity index (χ1v) is 4.16. The van der Waals surface area contributed by atoms with Gasteiger partial charge in [-0.15, -0.1) is 0 Å². The number of hydrogen-bond acceptors (Lipinski definition) is 3. The number of H-pyrrole nitrogens is 2. The maximum Gasteiger partial charge on any atom is 0.325 e. The van der Waals surface area contributed by atoms with E-state index in [-0.39, 0.29) is 11.6 Å². The summed E-state index contributed by atoms with van der Waals surface area (Å²) < 4.78 is 0. The molecule has 1 rings (SSSR count). The quantitative estimate of drug-likeness (QED) is 0.581. The molecule has 0 radical (unpaired) electrons. The molecule has 5 heteroatoms. The number of aromatic nitrogens is 2. The van der Waals surface area contributed by atoms with Crippen molar-refractivity contribution in [1.29, 1.82) is 0 Å². The van der Waals surface area contributed by atoms with E-state index < -0.39 is 5.69 Å². The normalized spacial score (nSPS) is 12.8. The summed E-state index contributed by atoms with van der Waals surface area (Å²) in [6, 6.07) is 1.45. The lowest BCUT2D eigenvalue weighted by atomic mass is 10.1. The number of aryl methyl sites for hydroxylation is 1. The smallest absolute Gasteiger partial charge is 0.325 e. The molecule has 1 unspecified atom stereocenters. The molecule has 0 saturated carbocycles. The van der Waals surface area contributed by atoms with Crippen LogP contribution in [0.2, 0.25) is 0 Å². The van der Waals surface area contributed by atoms with Crippen molar-refractivity contribution in [1.82, 2.24) is 9.97 Å². The molecule has 0 aliphatic rings. The van der Waals surface area contributed by atoms with Crippen molar-refractivity contribution in [2.45, 2.75) is 25.8 Å². The van der Waals surface area contributed by atoms with Crippen molar-refractivity contribution in [2.24, 2.45) is 5.73 Å². The van der Waals surface area contributed by atoms with Crippen molar-refractivity contribution in [3.05, 3.63) is 32.6 Å². The van der Waals surface area contributed by atoms with Crippen molar-refractivity contribution < 1.29 is 0 Å². The van der Waals surface area contributed by atoms with Gasteiger partial charge in [0.2, 0.25) is 0 Å². The molecule has 0 aliphatic heterocycles. The summed E-state index contributed by atoms with van der Waals surface area (Å²) >= 11 is 0. The number of nitrogens with two attached hydrogens (primary N) is 1. The summed E-state index contributed by atoms with van der Waals surface area (Å²) in [5.41, 5.74) is 5.33. The molecule has 1 heterocycles. The van der Waals surface area contributed by atoms with Crippen molar-refractivity contribution in [2.75, 3.05) is 0 Å². The van der Waals surface area contributed by atoms with Gasteiger partial charge in [-0.05, 0) is 19.8 Å². The third kappa shape index (κ3) is 3.25. The van der Waals surface area contributed by atoms with Crippen molar-refractivity contribution >= 4 is 0 Å². The summed E-state index contributed by atoms with van der Waals surface area (Å²) in [6.07, 6.45) is 1.37. The maximum absolute atomic E-state index is 10.8. The van der Waals surface area contributed by atoms with Gasteiger partial charge in [0, 0.05) is 17.8 Å². The topological polar surface area (TPSA) is 91.7 Å². The summed E-state index contributed by atoms with van der Waals surface area (Å²) in [5.74, 6) is 0. The van der Waals surface area contributed by atoms with E-state index in [1.165, 1.54) is 6.07 Å². The molecule has 0 aliphatic carbocycles. The molecule has 0 spiro atoms. The molecular formula is C8H13N3O2. The Labute approximate surface area is 75.0 Å². The zero-order valence-electron chi connectivity index (χ0n) is 7.46. The molecule has 0 bridgehead atoms. The first-order valence-electron chi connectivity index (χ1n) is 4.16. The van der Waals surface area contributed by atoms with Gasteiger partial charge in [-0.25, -0.2) is 4.79 Å². The Morgan fingerprint density at radius 2 is 2.15 bits per heavy atom. The lowest BCUT2D eigenvalue weighted by Crippen LogP contribution is -2.24. The Hall–Kier alpha value is -1.36. The zero-order valence-corrected chi connectivity index (χ0v) is 7.46. The SMILES string of the molecule is CC(N)CCc1cc(=O)[nH]c(=O)[nH]1. The van der Waals surface area contributed by atoms with Gasteiger partial charge in [-0.3, -0.25) is 9.78 Å². The molecule has 1 atom stereocenters. The van der Waals surface area contributed by atoms with Crippen LogP contribution in [0.3, 0.4) is 0 Å². The van der Waals surface area contributed by atoms with E-state index in [1.54, 1.807) is 0 Å². The average molecular weight is 183 g/mol. The minimum Gasteiger partial charge on any atom is -0.328 e. The highest BCUT2D eigenvalue weighted by atomic mass is 16.2. The van der Waals surface area contributed by atoms with Gasteiger partial charge in [-0.2, -0.15) is 0 Å². The molecule has 72 valence electrons. The van der Waals surface area contributed by atoms with Gasteiger partial charge in [-0.1, -0.05) is 0 Å².